The van der Waals surface area contributed by atoms with Crippen molar-refractivity contribution in [3.63, 3.8) is 0 Å². The van der Waals surface area contributed by atoms with Gasteiger partial charge in [0.2, 0.25) is 0 Å². The summed E-state index contributed by atoms with van der Waals surface area (Å²) in [7, 11) is 0. The molecule has 0 spiro atoms. The first-order valence-electron chi connectivity index (χ1n) is 2.82. The third-order valence-corrected chi connectivity index (χ3v) is 1.20. The average Bonchev–Trinajstić information content (AvgIpc) is 1.72. The molecule has 0 aromatic heterocycles. The van der Waals surface area contributed by atoms with Crippen molar-refractivity contribution in [3.8, 4) is 0 Å². The van der Waals surface area contributed by atoms with Crippen LogP contribution in [0.1, 0.15) is 26.7 Å². The molecule has 0 aliphatic heterocycles. The molecule has 0 aromatic rings. The van der Waals surface area contributed by atoms with Gasteiger partial charge in [-0.1, -0.05) is 19.9 Å². The van der Waals surface area contributed by atoms with Crippen molar-refractivity contribution >= 4 is 0 Å². The first kappa shape index (κ1) is 6.74. The average molecular weight is 101 g/mol. The van der Waals surface area contributed by atoms with E-state index in [1.807, 2.05) is 6.08 Å². The Morgan fingerprint density at radius 2 is 1.86 bits per heavy atom. The van der Waals surface area contributed by atoms with Crippen LogP contribution < -0.4 is 0 Å². The van der Waals surface area contributed by atoms with Gasteiger partial charge in [0.1, 0.15) is 0 Å². The fourth-order valence-corrected chi connectivity index (χ4v) is 0.539. The summed E-state index contributed by atoms with van der Waals surface area (Å²) >= 11 is 0. The van der Waals surface area contributed by atoms with E-state index < -0.39 is 0 Å². The zero-order valence-corrected chi connectivity index (χ0v) is 5.20. The highest BCUT2D eigenvalue weighted by atomic mass is 15.1. The van der Waals surface area contributed by atoms with Gasteiger partial charge in [-0.25, -0.2) is 0 Å². The molecule has 0 fully saturated rings. The molecule has 0 heterocycles. The van der Waals surface area contributed by atoms with E-state index in [9.17, 15) is 0 Å². The highest BCUT2D eigenvalue weighted by molar-refractivity contribution is 5.03. The number of hydrogen-bond acceptors (Lipinski definition) is 0. The molecule has 0 aliphatic rings. The van der Waals surface area contributed by atoms with Gasteiger partial charge in [-0.15, -0.1) is 6.58 Å². The summed E-state index contributed by atoms with van der Waals surface area (Å²) in [6.07, 6.45) is 4.25. The van der Waals surface area contributed by atoms with Crippen LogP contribution in [0, 0.1) is 5.92 Å². The van der Waals surface area contributed by atoms with Crippen LogP contribution in [0.25, 0.3) is 0 Å². The molecule has 0 saturated carbocycles. The third-order valence-electron chi connectivity index (χ3n) is 1.20. The van der Waals surface area contributed by atoms with Crippen LogP contribution in [0.4, 0.5) is 0 Å². The van der Waals surface area contributed by atoms with Crippen molar-refractivity contribution < 1.29 is 0 Å². The fourth-order valence-electron chi connectivity index (χ4n) is 0.539. The smallest absolute Gasteiger partial charge is 0.00355 e. The van der Waals surface area contributed by atoms with E-state index >= 15 is 0 Å². The summed E-state index contributed by atoms with van der Waals surface area (Å²) in [5.41, 5.74) is 0. The molecule has 0 rings (SSSR count). The lowest BCUT2D eigenvalue weighted by Gasteiger charge is -2.00. The first-order chi connectivity index (χ1) is 3.35. The van der Waals surface area contributed by atoms with Gasteiger partial charge < -0.3 is 0 Å². The van der Waals surface area contributed by atoms with Crippen LogP contribution in [0.3, 0.4) is 0 Å². The Balaban J connectivity index is 3.16. The van der Waals surface area contributed by atoms with Gasteiger partial charge in [0, 0.05) is 0 Å². The van der Waals surface area contributed by atoms with Crippen LogP contribution >= 0.6 is 0 Å². The second-order valence-electron chi connectivity index (χ2n) is 1.57. The summed E-state index contributed by atoms with van der Waals surface area (Å²) in [5, 5.41) is 0. The second kappa shape index (κ2) is 3.91. The minimum absolute atomic E-state index is 1.15. The van der Waals surface area contributed by atoms with E-state index in [1.165, 1.54) is 5.92 Å². The summed E-state index contributed by atoms with van der Waals surface area (Å²) in [6, 6.07) is 0. The lowest BCUT2D eigenvalue weighted by Crippen LogP contribution is -1.84. The van der Waals surface area contributed by atoms with Gasteiger partial charge in [0.25, 0.3) is 0 Å². The molecule has 0 atom stereocenters. The predicted molar refractivity (Wildman–Crippen MR) is 34.0 cm³/mol. The zero-order valence-electron chi connectivity index (χ0n) is 5.20. The van der Waals surface area contributed by atoms with Crippen LogP contribution in [0.5, 0.6) is 0 Å². The Morgan fingerprint density at radius 1 is 1.43 bits per heavy atom. The molecule has 1 radical (unpaired) electrons. The summed E-state index contributed by atoms with van der Waals surface area (Å²) in [6.45, 7) is 7.97. The maximum atomic E-state index is 3.67. The SMILES string of the molecule is C=C[C]([14CH2]C)[14CH2]C. The van der Waals surface area contributed by atoms with Crippen molar-refractivity contribution in [1.82, 2.24) is 0 Å². The number of allylic oxidation sites excluding steroid dienone is 1. The van der Waals surface area contributed by atoms with Crippen LogP contribution in [0.2, 0.25) is 0 Å². The quantitative estimate of drug-likeness (QED) is 0.512. The van der Waals surface area contributed by atoms with Gasteiger partial charge in [-0.05, 0) is 18.8 Å². The molecule has 0 saturated heterocycles. The monoisotopic (exact) mass is 101 g/mol. The van der Waals surface area contributed by atoms with E-state index in [4.69, 9.17) is 0 Å². The fraction of sp³-hybridized carbons (Fsp3) is 0.571. The Bertz CT molecular complexity index is 42.0. The molecular formula is C7H13. The summed E-state index contributed by atoms with van der Waals surface area (Å²) < 4.78 is 0. The lowest BCUT2D eigenvalue weighted by atomic mass is 10.5. The Hall–Kier alpha value is -0.260. The third kappa shape index (κ3) is 2.44. The van der Waals surface area contributed by atoms with Crippen LogP contribution in [-0.2, 0) is 0 Å². The van der Waals surface area contributed by atoms with Gasteiger partial charge >= 0.3 is 0 Å². The first-order valence-corrected chi connectivity index (χ1v) is 2.82. The minimum atomic E-state index is 1.15. The van der Waals surface area contributed by atoms with Gasteiger partial charge in [0.05, 0.1) is 0 Å². The van der Waals surface area contributed by atoms with Gasteiger partial charge in [-0.2, -0.15) is 0 Å². The molecule has 7 heavy (non-hydrogen) atoms. The lowest BCUT2D eigenvalue weighted by molar-refractivity contribution is 0.872. The van der Waals surface area contributed by atoms with Crippen LogP contribution in [-0.4, -0.2) is 0 Å². The van der Waals surface area contributed by atoms with E-state index in [-0.39, 0.29) is 0 Å². The zero-order chi connectivity index (χ0) is 5.70. The van der Waals surface area contributed by atoms with Gasteiger partial charge in [-0.3, -0.25) is 0 Å². The van der Waals surface area contributed by atoms with Crippen LogP contribution in [0.15, 0.2) is 12.7 Å². The summed E-state index contributed by atoms with van der Waals surface area (Å²) in [5.74, 6) is 1.44. The molecule has 0 bridgehead atoms. The molecule has 0 heteroatoms. The van der Waals surface area contributed by atoms with Crippen molar-refractivity contribution in [2.24, 2.45) is 0 Å². The highest BCUT2D eigenvalue weighted by Crippen LogP contribution is 2.09. The standard InChI is InChI=1S/C7H13/c1-4-7(5-2)6-3/h4H,1,5-6H2,2-3H3/i5+2,6+2. The molecule has 0 nitrogen and oxygen atoms in total. The number of rotatable bonds is 3. The van der Waals surface area contributed by atoms with E-state index in [2.05, 4.69) is 20.4 Å². The Morgan fingerprint density at radius 3 is 1.86 bits per heavy atom. The summed E-state index contributed by atoms with van der Waals surface area (Å²) in [4.78, 5) is 0. The Kier molecular flexibility index (Phi) is 3.77. The maximum Gasteiger partial charge on any atom is -0.00355 e. The number of hydrogen-bond donors (Lipinski definition) is 0. The van der Waals surface area contributed by atoms with Crippen molar-refractivity contribution in [2.45, 2.75) is 26.7 Å². The van der Waals surface area contributed by atoms with E-state index in [0.717, 1.165) is 12.8 Å². The molecular weight excluding hydrogens is 88.1 g/mol. The largest absolute Gasteiger partial charge is 0.102 e. The van der Waals surface area contributed by atoms with E-state index in [1.54, 1.807) is 0 Å². The van der Waals surface area contributed by atoms with Gasteiger partial charge in [0.15, 0.2) is 0 Å². The Labute approximate surface area is 46.2 Å². The molecule has 0 unspecified atom stereocenters. The molecule has 0 aromatic carbocycles. The second-order valence-corrected chi connectivity index (χ2v) is 1.57. The predicted octanol–water partition coefficient (Wildman–Crippen LogP) is 2.57. The molecule has 0 aliphatic carbocycles. The topological polar surface area (TPSA) is 0 Å². The highest BCUT2D eigenvalue weighted by Gasteiger charge is 1.93. The molecule has 0 amide bonds. The maximum absolute atomic E-state index is 3.67. The molecule has 41 valence electrons. The normalized spacial score (nSPS) is 9.57. The molecule has 0 N–H and O–H groups in total. The minimum Gasteiger partial charge on any atom is -0.102 e. The van der Waals surface area contributed by atoms with E-state index in [0.29, 0.717) is 0 Å². The van der Waals surface area contributed by atoms with Crippen molar-refractivity contribution in [3.05, 3.63) is 18.6 Å². The van der Waals surface area contributed by atoms with Crippen molar-refractivity contribution in [1.29, 1.82) is 0 Å². The van der Waals surface area contributed by atoms with Crippen molar-refractivity contribution in [2.75, 3.05) is 0 Å².